The third-order valence-electron chi connectivity index (χ3n) is 12.8. The summed E-state index contributed by atoms with van der Waals surface area (Å²) in [6, 6.07) is 36.0. The van der Waals surface area contributed by atoms with Gasteiger partial charge in [0.25, 0.3) is 0 Å². The molecule has 1 saturated heterocycles. The van der Waals surface area contributed by atoms with E-state index in [2.05, 4.69) is 114 Å². The van der Waals surface area contributed by atoms with Gasteiger partial charge in [0.15, 0.2) is 5.60 Å². The first kappa shape index (κ1) is 27.2. The largest absolute Gasteiger partial charge is 0.472 e. The van der Waals surface area contributed by atoms with Crippen molar-refractivity contribution in [2.45, 2.75) is 56.0 Å². The van der Waals surface area contributed by atoms with Crippen molar-refractivity contribution in [2.24, 2.45) is 11.8 Å². The van der Waals surface area contributed by atoms with Crippen LogP contribution in [0.3, 0.4) is 0 Å². The third kappa shape index (κ3) is 3.49. The highest BCUT2D eigenvalue weighted by Gasteiger charge is 2.58. The van der Waals surface area contributed by atoms with Gasteiger partial charge in [-0.25, -0.2) is 0 Å². The van der Waals surface area contributed by atoms with Gasteiger partial charge < -0.3 is 14.1 Å². The number of piperidine rings is 1. The Kier molecular flexibility index (Phi) is 5.61. The van der Waals surface area contributed by atoms with Crippen LogP contribution in [0.2, 0.25) is 0 Å². The van der Waals surface area contributed by atoms with Gasteiger partial charge in [-0.2, -0.15) is 0 Å². The van der Waals surface area contributed by atoms with Crippen LogP contribution in [0, 0.1) is 11.8 Å². The van der Waals surface area contributed by atoms with Crippen LogP contribution in [-0.2, 0) is 11.0 Å². The van der Waals surface area contributed by atoms with Crippen LogP contribution in [0.15, 0.2) is 114 Å². The van der Waals surface area contributed by atoms with Gasteiger partial charge in [-0.05, 0) is 109 Å². The molecule has 2 bridgehead atoms. The van der Waals surface area contributed by atoms with E-state index in [4.69, 9.17) is 9.15 Å². The van der Waals surface area contributed by atoms with Gasteiger partial charge in [0, 0.05) is 57.0 Å². The highest BCUT2D eigenvalue weighted by molar-refractivity contribution is 6.19. The smallest absolute Gasteiger partial charge is 0.178 e. The number of fused-ring (bicyclic) bond motifs is 15. The van der Waals surface area contributed by atoms with E-state index in [0.29, 0.717) is 5.92 Å². The minimum atomic E-state index is -0.755. The molecule has 1 aromatic heterocycles. The molecule has 4 unspecified atom stereocenters. The molecule has 3 heteroatoms. The quantitative estimate of drug-likeness (QED) is 0.196. The average molecular weight is 626 g/mol. The van der Waals surface area contributed by atoms with Crippen molar-refractivity contribution in [1.82, 2.24) is 0 Å². The molecule has 6 aromatic rings. The maximum Gasteiger partial charge on any atom is 0.178 e. The number of furan rings is 1. The Morgan fingerprint density at radius 3 is 2.35 bits per heavy atom. The Bertz CT molecular complexity index is 2270. The predicted molar refractivity (Wildman–Crippen MR) is 195 cm³/mol. The fourth-order valence-corrected chi connectivity index (χ4v) is 10.8. The summed E-state index contributed by atoms with van der Waals surface area (Å²) in [6.07, 6.45) is 15.8. The number of hydrogen-bond donors (Lipinski definition) is 0. The molecular weight excluding hydrogens is 587 g/mol. The van der Waals surface area contributed by atoms with Crippen LogP contribution >= 0.6 is 0 Å². The van der Waals surface area contributed by atoms with Crippen molar-refractivity contribution in [3.05, 3.63) is 137 Å². The Balaban J connectivity index is 1.19. The van der Waals surface area contributed by atoms with E-state index in [1.165, 1.54) is 94.6 Å². The summed E-state index contributed by atoms with van der Waals surface area (Å²) in [5.41, 5.74) is 10.9. The Morgan fingerprint density at radius 2 is 1.54 bits per heavy atom. The zero-order chi connectivity index (χ0) is 31.5. The first-order valence-electron chi connectivity index (χ1n) is 18.1. The van der Waals surface area contributed by atoms with Gasteiger partial charge in [-0.3, -0.25) is 0 Å². The molecule has 3 heterocycles. The highest BCUT2D eigenvalue weighted by Crippen LogP contribution is 2.69. The van der Waals surface area contributed by atoms with E-state index in [9.17, 15) is 0 Å². The van der Waals surface area contributed by atoms with Crippen molar-refractivity contribution >= 4 is 33.5 Å². The molecule has 0 N–H and O–H groups in total. The molecule has 236 valence electrons. The summed E-state index contributed by atoms with van der Waals surface area (Å²) in [6.45, 7) is 2.27. The fraction of sp³-hybridized carbons (Fsp3) is 0.289. The second-order valence-corrected chi connectivity index (χ2v) is 15.0. The lowest BCUT2D eigenvalue weighted by atomic mass is 9.65. The van der Waals surface area contributed by atoms with E-state index in [1.54, 1.807) is 0 Å². The van der Waals surface area contributed by atoms with Gasteiger partial charge >= 0.3 is 0 Å². The lowest BCUT2D eigenvalue weighted by Crippen LogP contribution is -2.36. The number of nitrogens with zero attached hydrogens (tertiary/aromatic N) is 1. The molecule has 4 atom stereocenters. The SMILES string of the molecule is C1=CC(c2ccccc2)(c2ccc(N3CCCCC3)cc2)Oc2c1c1c(c3c2ccc2occc23)-c2ccccc2C12CC1CCC2C1. The Morgan fingerprint density at radius 1 is 0.729 bits per heavy atom. The lowest BCUT2D eigenvalue weighted by Gasteiger charge is -2.41. The average Bonchev–Trinajstić information content (AvgIpc) is 3.96. The molecule has 3 nitrogen and oxygen atoms in total. The minimum absolute atomic E-state index is 0.0234. The molecule has 0 amide bonds. The molecule has 2 aliphatic heterocycles. The van der Waals surface area contributed by atoms with Crippen molar-refractivity contribution in [3.8, 4) is 16.9 Å². The third-order valence-corrected chi connectivity index (χ3v) is 12.8. The summed E-state index contributed by atoms with van der Waals surface area (Å²) in [5.74, 6) is 2.46. The van der Waals surface area contributed by atoms with Gasteiger partial charge in [-0.1, -0.05) is 79.2 Å². The monoisotopic (exact) mass is 625 g/mol. The zero-order valence-electron chi connectivity index (χ0n) is 27.3. The molecule has 1 spiro atoms. The number of rotatable bonds is 3. The Hall–Kier alpha value is -4.76. The molecule has 3 fully saturated rings. The van der Waals surface area contributed by atoms with E-state index in [0.717, 1.165) is 41.5 Å². The molecule has 2 saturated carbocycles. The normalized spacial score (nSPS) is 26.6. The topological polar surface area (TPSA) is 25.6 Å². The van der Waals surface area contributed by atoms with Crippen LogP contribution in [0.5, 0.6) is 5.75 Å². The van der Waals surface area contributed by atoms with Crippen molar-refractivity contribution < 1.29 is 9.15 Å². The molecule has 5 aliphatic rings. The van der Waals surface area contributed by atoms with Crippen molar-refractivity contribution in [1.29, 1.82) is 0 Å². The molecule has 5 aromatic carbocycles. The molecule has 48 heavy (non-hydrogen) atoms. The van der Waals surface area contributed by atoms with Gasteiger partial charge in [0.05, 0.1) is 6.26 Å². The first-order chi connectivity index (χ1) is 23.7. The van der Waals surface area contributed by atoms with Crippen molar-refractivity contribution in [3.63, 3.8) is 0 Å². The van der Waals surface area contributed by atoms with Crippen LogP contribution in [-0.4, -0.2) is 13.1 Å². The first-order valence-corrected chi connectivity index (χ1v) is 18.1. The standard InChI is InChI=1S/C45H39NO2/c1-3-9-30(10-4-1)45(31-15-17-33(18-16-31)46-24-7-2-8-25-46)23-21-37-42-41(40-35-22-26-47-39(35)20-19-36(40)43(37)48-45)34-11-5-6-12-38(34)44(42)28-29-13-14-32(44)27-29/h1,3-6,9-12,15-23,26,29,32H,2,7-8,13-14,24-25,27-28H2. The van der Waals surface area contributed by atoms with Crippen LogP contribution in [0.4, 0.5) is 5.69 Å². The second-order valence-electron chi connectivity index (χ2n) is 15.0. The van der Waals surface area contributed by atoms with Crippen LogP contribution in [0.1, 0.15) is 72.8 Å². The van der Waals surface area contributed by atoms with Crippen molar-refractivity contribution in [2.75, 3.05) is 18.0 Å². The van der Waals surface area contributed by atoms with Crippen LogP contribution in [0.25, 0.3) is 38.9 Å². The summed E-state index contributed by atoms with van der Waals surface area (Å²) in [7, 11) is 0. The summed E-state index contributed by atoms with van der Waals surface area (Å²) in [4.78, 5) is 2.54. The molecule has 0 radical (unpaired) electrons. The zero-order valence-corrected chi connectivity index (χ0v) is 27.3. The summed E-state index contributed by atoms with van der Waals surface area (Å²) >= 11 is 0. The maximum absolute atomic E-state index is 7.69. The maximum atomic E-state index is 7.69. The molecule has 3 aliphatic carbocycles. The number of ether oxygens (including phenoxy) is 1. The minimum Gasteiger partial charge on any atom is -0.472 e. The van der Waals surface area contributed by atoms with E-state index < -0.39 is 5.60 Å². The van der Waals surface area contributed by atoms with E-state index in [1.807, 2.05) is 6.26 Å². The van der Waals surface area contributed by atoms with Gasteiger partial charge in [-0.15, -0.1) is 0 Å². The number of hydrogen-bond acceptors (Lipinski definition) is 3. The fourth-order valence-electron chi connectivity index (χ4n) is 10.8. The Labute approximate surface area is 281 Å². The molecular formula is C45H39NO2. The number of anilines is 1. The van der Waals surface area contributed by atoms with E-state index >= 15 is 0 Å². The highest BCUT2D eigenvalue weighted by atomic mass is 16.5. The van der Waals surface area contributed by atoms with Crippen LogP contribution < -0.4 is 9.64 Å². The van der Waals surface area contributed by atoms with E-state index in [-0.39, 0.29) is 5.41 Å². The second kappa shape index (κ2) is 9.89. The van der Waals surface area contributed by atoms with Gasteiger partial charge in [0.1, 0.15) is 11.3 Å². The van der Waals surface area contributed by atoms with Gasteiger partial charge in [0.2, 0.25) is 0 Å². The summed E-state index contributed by atoms with van der Waals surface area (Å²) < 4.78 is 13.8. The molecule has 11 rings (SSSR count). The predicted octanol–water partition coefficient (Wildman–Crippen LogP) is 11.0. The lowest BCUT2D eigenvalue weighted by molar-refractivity contribution is 0.163. The summed E-state index contributed by atoms with van der Waals surface area (Å²) in [5, 5.41) is 3.62. The number of benzene rings is 5.